The first kappa shape index (κ1) is 13.0. The van der Waals surface area contributed by atoms with E-state index in [-0.39, 0.29) is 6.42 Å². The number of rotatable bonds is 2. The van der Waals surface area contributed by atoms with Gasteiger partial charge in [-0.1, -0.05) is 6.07 Å². The van der Waals surface area contributed by atoms with Gasteiger partial charge >= 0.3 is 12.1 Å². The van der Waals surface area contributed by atoms with Gasteiger partial charge in [0.25, 0.3) is 0 Å². The molecule has 0 heterocycles. The third-order valence-corrected chi connectivity index (χ3v) is 2.09. The average Bonchev–Trinajstić information content (AvgIpc) is 2.27. The first-order valence-electron chi connectivity index (χ1n) is 4.55. The number of halogens is 3. The minimum Gasteiger partial charge on any atom is -0.469 e. The van der Waals surface area contributed by atoms with Crippen LogP contribution < -0.4 is 0 Å². The molecule has 0 aliphatic rings. The minimum absolute atomic E-state index is 0.163. The summed E-state index contributed by atoms with van der Waals surface area (Å²) in [6.45, 7) is 0. The van der Waals surface area contributed by atoms with Gasteiger partial charge in [0.15, 0.2) is 0 Å². The van der Waals surface area contributed by atoms with Crippen molar-refractivity contribution in [2.45, 2.75) is 12.6 Å². The number of esters is 1. The predicted octanol–water partition coefficient (Wildman–Crippen LogP) is 2.29. The van der Waals surface area contributed by atoms with Crippen LogP contribution in [-0.4, -0.2) is 13.1 Å². The van der Waals surface area contributed by atoms with Crippen LogP contribution in [-0.2, 0) is 22.1 Å². The number of benzene rings is 1. The lowest BCUT2D eigenvalue weighted by atomic mass is 10.0. The Bertz CT molecular complexity index is 475. The average molecular weight is 243 g/mol. The van der Waals surface area contributed by atoms with Gasteiger partial charge in [-0.15, -0.1) is 0 Å². The van der Waals surface area contributed by atoms with E-state index in [1.54, 1.807) is 0 Å². The molecule has 0 aliphatic carbocycles. The number of nitriles is 1. The van der Waals surface area contributed by atoms with Crippen LogP contribution in [0.2, 0.25) is 0 Å². The van der Waals surface area contributed by atoms with Crippen LogP contribution in [0.4, 0.5) is 13.2 Å². The van der Waals surface area contributed by atoms with Crippen LogP contribution >= 0.6 is 0 Å². The van der Waals surface area contributed by atoms with Crippen LogP contribution in [0.15, 0.2) is 18.2 Å². The number of carbonyl (C=O) groups excluding carboxylic acids is 1. The standard InChI is InChI=1S/C11H8F3NO2/c1-17-10(16)5-7-2-3-9(11(12,13)14)8(4-7)6-15/h2-4H,5H2,1H3. The highest BCUT2D eigenvalue weighted by Crippen LogP contribution is 2.32. The van der Waals surface area contributed by atoms with Gasteiger partial charge < -0.3 is 4.74 Å². The van der Waals surface area contributed by atoms with E-state index in [4.69, 9.17) is 5.26 Å². The number of methoxy groups -OCH3 is 1. The topological polar surface area (TPSA) is 50.1 Å². The molecule has 0 bridgehead atoms. The van der Waals surface area contributed by atoms with Crippen LogP contribution in [0.3, 0.4) is 0 Å². The molecule has 0 unspecified atom stereocenters. The quantitative estimate of drug-likeness (QED) is 0.749. The maximum absolute atomic E-state index is 12.5. The molecule has 90 valence electrons. The summed E-state index contributed by atoms with van der Waals surface area (Å²) in [4.78, 5) is 10.9. The van der Waals surface area contributed by atoms with Crippen molar-refractivity contribution in [2.24, 2.45) is 0 Å². The van der Waals surface area contributed by atoms with E-state index in [2.05, 4.69) is 4.74 Å². The fourth-order valence-electron chi connectivity index (χ4n) is 1.28. The van der Waals surface area contributed by atoms with E-state index >= 15 is 0 Å². The summed E-state index contributed by atoms with van der Waals surface area (Å²) in [5.74, 6) is -0.575. The normalized spacial score (nSPS) is 10.8. The summed E-state index contributed by atoms with van der Waals surface area (Å²) in [6, 6.07) is 4.44. The van der Waals surface area contributed by atoms with E-state index in [0.717, 1.165) is 18.2 Å². The molecule has 6 heteroatoms. The maximum Gasteiger partial charge on any atom is 0.417 e. The van der Waals surface area contributed by atoms with Crippen molar-refractivity contribution in [1.82, 2.24) is 0 Å². The highest BCUT2D eigenvalue weighted by Gasteiger charge is 2.33. The Morgan fingerprint density at radius 1 is 1.47 bits per heavy atom. The van der Waals surface area contributed by atoms with E-state index in [0.29, 0.717) is 5.56 Å². The highest BCUT2D eigenvalue weighted by molar-refractivity contribution is 5.72. The third-order valence-electron chi connectivity index (χ3n) is 2.09. The number of alkyl halides is 3. The van der Waals surface area contributed by atoms with Crippen LogP contribution in [0, 0.1) is 11.3 Å². The van der Waals surface area contributed by atoms with Crippen molar-refractivity contribution >= 4 is 5.97 Å². The van der Waals surface area contributed by atoms with Crippen LogP contribution in [0.1, 0.15) is 16.7 Å². The Kier molecular flexibility index (Phi) is 3.73. The van der Waals surface area contributed by atoms with E-state index in [1.807, 2.05) is 0 Å². The molecule has 0 saturated heterocycles. The molecular formula is C11H8F3NO2. The van der Waals surface area contributed by atoms with Gasteiger partial charge in [0, 0.05) is 0 Å². The predicted molar refractivity (Wildman–Crippen MR) is 51.9 cm³/mol. The molecule has 0 fully saturated rings. The number of nitrogens with zero attached hydrogens (tertiary/aromatic N) is 1. The lowest BCUT2D eigenvalue weighted by Crippen LogP contribution is -2.10. The lowest BCUT2D eigenvalue weighted by molar-refractivity contribution is -0.139. The first-order valence-corrected chi connectivity index (χ1v) is 4.55. The van der Waals surface area contributed by atoms with Gasteiger partial charge in [0.1, 0.15) is 0 Å². The van der Waals surface area contributed by atoms with Crippen molar-refractivity contribution < 1.29 is 22.7 Å². The van der Waals surface area contributed by atoms with Crippen molar-refractivity contribution in [2.75, 3.05) is 7.11 Å². The van der Waals surface area contributed by atoms with Crippen LogP contribution in [0.5, 0.6) is 0 Å². The first-order chi connectivity index (χ1) is 7.88. The smallest absolute Gasteiger partial charge is 0.417 e. The largest absolute Gasteiger partial charge is 0.469 e. The SMILES string of the molecule is COC(=O)Cc1ccc(C(F)(F)F)c(C#N)c1. The van der Waals surface area contributed by atoms with Gasteiger partial charge in [-0.05, 0) is 17.7 Å². The zero-order chi connectivity index (χ0) is 13.1. The molecule has 1 rings (SSSR count). The monoisotopic (exact) mass is 243 g/mol. The zero-order valence-corrected chi connectivity index (χ0v) is 8.84. The molecule has 3 nitrogen and oxygen atoms in total. The minimum atomic E-state index is -4.57. The van der Waals surface area contributed by atoms with E-state index in [1.165, 1.54) is 13.2 Å². The number of hydrogen-bond donors (Lipinski definition) is 0. The summed E-state index contributed by atoms with van der Waals surface area (Å²) < 4.78 is 41.7. The second-order valence-electron chi connectivity index (χ2n) is 3.24. The van der Waals surface area contributed by atoms with Gasteiger partial charge in [0.2, 0.25) is 0 Å². The molecule has 1 aromatic carbocycles. The van der Waals surface area contributed by atoms with Crippen molar-refractivity contribution in [3.63, 3.8) is 0 Å². The molecule has 0 atom stereocenters. The maximum atomic E-state index is 12.5. The van der Waals surface area contributed by atoms with E-state index in [9.17, 15) is 18.0 Å². The van der Waals surface area contributed by atoms with Crippen LogP contribution in [0.25, 0.3) is 0 Å². The van der Waals surface area contributed by atoms with Crippen molar-refractivity contribution in [3.8, 4) is 6.07 Å². The highest BCUT2D eigenvalue weighted by atomic mass is 19.4. The molecule has 0 aromatic heterocycles. The second-order valence-corrected chi connectivity index (χ2v) is 3.24. The molecular weight excluding hydrogens is 235 g/mol. The van der Waals surface area contributed by atoms with Gasteiger partial charge in [-0.25, -0.2) is 0 Å². The van der Waals surface area contributed by atoms with Gasteiger partial charge in [0.05, 0.1) is 30.7 Å². The summed E-state index contributed by atoms with van der Waals surface area (Å²) in [6.07, 6.45) is -4.74. The summed E-state index contributed by atoms with van der Waals surface area (Å²) in [7, 11) is 1.18. The molecule has 0 aliphatic heterocycles. The lowest BCUT2D eigenvalue weighted by Gasteiger charge is -2.09. The Morgan fingerprint density at radius 3 is 2.59 bits per heavy atom. The second kappa shape index (κ2) is 4.87. The fourth-order valence-corrected chi connectivity index (χ4v) is 1.28. The molecule has 0 amide bonds. The summed E-state index contributed by atoms with van der Waals surface area (Å²) in [5.41, 5.74) is -1.20. The molecule has 0 saturated carbocycles. The van der Waals surface area contributed by atoms with Gasteiger partial charge in [-0.2, -0.15) is 18.4 Å². The Labute approximate surface area is 95.4 Å². The third kappa shape index (κ3) is 3.21. The van der Waals surface area contributed by atoms with Gasteiger partial charge in [-0.3, -0.25) is 4.79 Å². The Morgan fingerprint density at radius 2 is 2.12 bits per heavy atom. The molecule has 1 aromatic rings. The Balaban J connectivity index is 3.10. The molecule has 0 radical (unpaired) electrons. The molecule has 0 spiro atoms. The van der Waals surface area contributed by atoms with E-state index < -0.39 is 23.3 Å². The van der Waals surface area contributed by atoms with Crippen molar-refractivity contribution in [3.05, 3.63) is 34.9 Å². The number of hydrogen-bond acceptors (Lipinski definition) is 3. The van der Waals surface area contributed by atoms with Crippen molar-refractivity contribution in [1.29, 1.82) is 5.26 Å². The number of carbonyl (C=O) groups is 1. The molecule has 0 N–H and O–H groups in total. The fraction of sp³-hybridized carbons (Fsp3) is 0.273. The Hall–Kier alpha value is -2.03. The molecule has 17 heavy (non-hydrogen) atoms. The summed E-state index contributed by atoms with van der Waals surface area (Å²) >= 11 is 0. The zero-order valence-electron chi connectivity index (χ0n) is 8.84. The number of ether oxygens (including phenoxy) is 1. The summed E-state index contributed by atoms with van der Waals surface area (Å²) in [5, 5.41) is 8.63.